The van der Waals surface area contributed by atoms with E-state index in [0.717, 1.165) is 10.1 Å². The van der Waals surface area contributed by atoms with Gasteiger partial charge in [0.15, 0.2) is 11.3 Å². The summed E-state index contributed by atoms with van der Waals surface area (Å²) in [4.78, 5) is 3.66. The first-order valence-corrected chi connectivity index (χ1v) is 8.32. The van der Waals surface area contributed by atoms with Crippen LogP contribution >= 0.6 is 11.6 Å². The molecule has 6 nitrogen and oxygen atoms in total. The molecule has 3 aromatic heterocycles. The fourth-order valence-corrected chi connectivity index (χ4v) is 2.72. The third kappa shape index (κ3) is 3.55. The Morgan fingerprint density at radius 2 is 1.75 bits per heavy atom. The molecule has 0 aliphatic heterocycles. The molecule has 0 amide bonds. The predicted molar refractivity (Wildman–Crippen MR) is 90.5 cm³/mol. The number of hydrogen-bond acceptors (Lipinski definition) is 5. The zero-order valence-electron chi connectivity index (χ0n) is 13.9. The number of nitrogens with zero attached hydrogens (tertiary/aromatic N) is 5. The molecule has 0 radical (unpaired) electrons. The van der Waals surface area contributed by atoms with Crippen LogP contribution in [0.3, 0.4) is 0 Å². The Morgan fingerprint density at radius 3 is 2.43 bits per heavy atom. The number of benzene rings is 1. The second kappa shape index (κ2) is 7.19. The highest BCUT2D eigenvalue weighted by Crippen LogP contribution is 2.27. The first kappa shape index (κ1) is 18.4. The topological polar surface area (TPSA) is 69.1 Å². The van der Waals surface area contributed by atoms with Crippen molar-refractivity contribution in [1.82, 2.24) is 24.8 Å². The normalized spacial score (nSPS) is 11.8. The SMILES string of the molecule is FC(F)c1cc(C(F)F)n2nc(-c3nnc(Cc4ccc(Cl)cc4)o3)cc2n1. The summed E-state index contributed by atoms with van der Waals surface area (Å²) in [6.45, 7) is 0. The van der Waals surface area contributed by atoms with Crippen LogP contribution in [0.25, 0.3) is 17.2 Å². The molecule has 0 aliphatic rings. The molecule has 28 heavy (non-hydrogen) atoms. The largest absolute Gasteiger partial charge is 0.419 e. The fourth-order valence-electron chi connectivity index (χ4n) is 2.60. The lowest BCUT2D eigenvalue weighted by Gasteiger charge is -2.06. The minimum atomic E-state index is -3.01. The summed E-state index contributed by atoms with van der Waals surface area (Å²) in [5.41, 5.74) is -0.704. The van der Waals surface area contributed by atoms with Crippen LogP contribution in [-0.2, 0) is 6.42 Å². The third-order valence-electron chi connectivity index (χ3n) is 3.88. The molecule has 0 atom stereocenters. The van der Waals surface area contributed by atoms with Crippen LogP contribution in [0.2, 0.25) is 5.02 Å². The first-order valence-electron chi connectivity index (χ1n) is 7.95. The summed E-state index contributed by atoms with van der Waals surface area (Å²) in [6.07, 6.45) is -5.68. The summed E-state index contributed by atoms with van der Waals surface area (Å²) >= 11 is 5.83. The standard InChI is InChI=1S/C17H10ClF4N5O/c18-9-3-1-8(2-4-9)5-14-24-25-17(28-14)11-7-13-23-10(15(19)20)6-12(16(21)22)27(13)26-11/h1-4,6-7,15-16H,5H2. The maximum Gasteiger partial charge on any atom is 0.280 e. The number of halogens is 5. The van der Waals surface area contributed by atoms with E-state index in [4.69, 9.17) is 16.0 Å². The minimum Gasteiger partial charge on any atom is -0.419 e. The molecule has 0 unspecified atom stereocenters. The average molecular weight is 412 g/mol. The van der Waals surface area contributed by atoms with Gasteiger partial charge in [0, 0.05) is 11.1 Å². The van der Waals surface area contributed by atoms with Gasteiger partial charge in [0.25, 0.3) is 18.7 Å². The summed E-state index contributed by atoms with van der Waals surface area (Å²) in [5, 5.41) is 12.3. The molecule has 4 aromatic rings. The van der Waals surface area contributed by atoms with Crippen LogP contribution in [0, 0.1) is 0 Å². The highest BCUT2D eigenvalue weighted by molar-refractivity contribution is 6.30. The molecule has 0 N–H and O–H groups in total. The third-order valence-corrected chi connectivity index (χ3v) is 4.13. The zero-order valence-corrected chi connectivity index (χ0v) is 14.6. The molecule has 0 bridgehead atoms. The lowest BCUT2D eigenvalue weighted by molar-refractivity contribution is 0.135. The Kier molecular flexibility index (Phi) is 4.71. The molecule has 0 saturated heterocycles. The van der Waals surface area contributed by atoms with Gasteiger partial charge < -0.3 is 4.42 Å². The van der Waals surface area contributed by atoms with E-state index in [-0.39, 0.29) is 23.1 Å². The van der Waals surface area contributed by atoms with Crippen molar-refractivity contribution in [3.05, 3.63) is 64.3 Å². The zero-order chi connectivity index (χ0) is 19.8. The van der Waals surface area contributed by atoms with Gasteiger partial charge in [-0.25, -0.2) is 27.1 Å². The summed E-state index contributed by atoms with van der Waals surface area (Å²) in [7, 11) is 0. The lowest BCUT2D eigenvalue weighted by atomic mass is 10.1. The van der Waals surface area contributed by atoms with E-state index in [1.165, 1.54) is 6.07 Å². The van der Waals surface area contributed by atoms with Crippen LogP contribution in [0.5, 0.6) is 0 Å². The fraction of sp³-hybridized carbons (Fsp3) is 0.176. The van der Waals surface area contributed by atoms with Crippen molar-refractivity contribution in [3.8, 4) is 11.6 Å². The van der Waals surface area contributed by atoms with E-state index >= 15 is 0 Å². The summed E-state index contributed by atoms with van der Waals surface area (Å²) in [5.74, 6) is 0.234. The van der Waals surface area contributed by atoms with Gasteiger partial charge in [-0.05, 0) is 23.8 Å². The smallest absolute Gasteiger partial charge is 0.280 e. The molecule has 0 spiro atoms. The first-order chi connectivity index (χ1) is 13.4. The van der Waals surface area contributed by atoms with Crippen LogP contribution in [0.4, 0.5) is 17.6 Å². The van der Waals surface area contributed by atoms with E-state index < -0.39 is 24.2 Å². The van der Waals surface area contributed by atoms with E-state index in [0.29, 0.717) is 17.5 Å². The predicted octanol–water partition coefficient (Wildman–Crippen LogP) is 4.90. The van der Waals surface area contributed by atoms with E-state index in [2.05, 4.69) is 20.3 Å². The molecule has 0 fully saturated rings. The number of hydrogen-bond donors (Lipinski definition) is 0. The van der Waals surface area contributed by atoms with Crippen molar-refractivity contribution >= 4 is 17.2 Å². The Balaban J connectivity index is 1.68. The van der Waals surface area contributed by atoms with Crippen molar-refractivity contribution in [2.24, 2.45) is 0 Å². The molecular weight excluding hydrogens is 402 g/mol. The van der Waals surface area contributed by atoms with Gasteiger partial charge in [-0.15, -0.1) is 10.2 Å². The molecule has 0 saturated carbocycles. The van der Waals surface area contributed by atoms with Crippen LogP contribution in [0.15, 0.2) is 40.8 Å². The molecule has 144 valence electrons. The van der Waals surface area contributed by atoms with Crippen LogP contribution < -0.4 is 0 Å². The molecule has 4 rings (SSSR count). The highest BCUT2D eigenvalue weighted by atomic mass is 35.5. The van der Waals surface area contributed by atoms with Crippen molar-refractivity contribution in [2.45, 2.75) is 19.3 Å². The number of rotatable bonds is 5. The average Bonchev–Trinajstić information content (AvgIpc) is 3.29. The van der Waals surface area contributed by atoms with Gasteiger partial charge >= 0.3 is 0 Å². The quantitative estimate of drug-likeness (QED) is 0.437. The Labute approximate surface area is 159 Å². The van der Waals surface area contributed by atoms with Gasteiger partial charge in [0.2, 0.25) is 5.89 Å². The number of aromatic nitrogens is 5. The number of alkyl halides is 4. The van der Waals surface area contributed by atoms with Gasteiger partial charge in [-0.1, -0.05) is 23.7 Å². The Hall–Kier alpha value is -3.01. The van der Waals surface area contributed by atoms with Crippen molar-refractivity contribution in [2.75, 3.05) is 0 Å². The van der Waals surface area contributed by atoms with E-state index in [1.807, 2.05) is 0 Å². The Bertz CT molecular complexity index is 1130. The highest BCUT2D eigenvalue weighted by Gasteiger charge is 2.22. The monoisotopic (exact) mass is 411 g/mol. The summed E-state index contributed by atoms with van der Waals surface area (Å²) in [6, 6.07) is 8.88. The second-order valence-corrected chi connectivity index (χ2v) is 6.25. The maximum absolute atomic E-state index is 13.2. The Morgan fingerprint density at radius 1 is 1.00 bits per heavy atom. The van der Waals surface area contributed by atoms with Crippen LogP contribution in [-0.4, -0.2) is 24.8 Å². The van der Waals surface area contributed by atoms with Crippen LogP contribution in [0.1, 0.15) is 35.7 Å². The maximum atomic E-state index is 13.2. The summed E-state index contributed by atoms with van der Waals surface area (Å²) < 4.78 is 58.6. The number of fused-ring (bicyclic) bond motifs is 1. The van der Waals surface area contributed by atoms with Gasteiger partial charge in [-0.2, -0.15) is 5.10 Å². The van der Waals surface area contributed by atoms with E-state index in [1.54, 1.807) is 24.3 Å². The van der Waals surface area contributed by atoms with Gasteiger partial charge in [0.1, 0.15) is 11.4 Å². The molecule has 0 aliphatic carbocycles. The molecule has 3 heterocycles. The van der Waals surface area contributed by atoms with Crippen molar-refractivity contribution in [1.29, 1.82) is 0 Å². The molecular formula is C17H10ClF4N5O. The second-order valence-electron chi connectivity index (χ2n) is 5.81. The molecule has 1 aromatic carbocycles. The molecule has 11 heteroatoms. The van der Waals surface area contributed by atoms with Crippen molar-refractivity contribution in [3.63, 3.8) is 0 Å². The van der Waals surface area contributed by atoms with Gasteiger partial charge in [0.05, 0.1) is 6.42 Å². The van der Waals surface area contributed by atoms with E-state index in [9.17, 15) is 17.6 Å². The lowest BCUT2D eigenvalue weighted by Crippen LogP contribution is -2.04. The minimum absolute atomic E-state index is 0.0340. The van der Waals surface area contributed by atoms with Gasteiger partial charge in [-0.3, -0.25) is 0 Å². The van der Waals surface area contributed by atoms with Crippen molar-refractivity contribution < 1.29 is 22.0 Å².